The Balaban J connectivity index is 1.13. The minimum atomic E-state index is -0.494. The van der Waals surface area contributed by atoms with E-state index in [0.29, 0.717) is 17.5 Å². The molecule has 11 rings (SSSR count). The standard InChI is InChI=1S/C54H35N3/c1-3-15-36(16-4-1)40-21-13-23-42(33-40)51-55-52(43-24-14-22-41(34-43)37-17-5-2-6-18-37)57-53(56-51)44-31-32-50-46(35-44)45-25-9-12-28-49(45)54(50)47-26-10-7-19-38(47)29-30-39-20-8-11-27-48(39)54/h1-35H. The van der Waals surface area contributed by atoms with Crippen LogP contribution in [0.3, 0.4) is 0 Å². The predicted molar refractivity (Wildman–Crippen MR) is 233 cm³/mol. The van der Waals surface area contributed by atoms with Crippen LogP contribution in [0.2, 0.25) is 0 Å². The van der Waals surface area contributed by atoms with E-state index in [1.807, 2.05) is 12.1 Å². The van der Waals surface area contributed by atoms with Crippen molar-refractivity contribution < 1.29 is 0 Å². The van der Waals surface area contributed by atoms with Crippen molar-refractivity contribution in [3.63, 3.8) is 0 Å². The molecule has 57 heavy (non-hydrogen) atoms. The van der Waals surface area contributed by atoms with Gasteiger partial charge in [-0.3, -0.25) is 0 Å². The van der Waals surface area contributed by atoms with Gasteiger partial charge in [0.1, 0.15) is 0 Å². The van der Waals surface area contributed by atoms with Gasteiger partial charge in [-0.2, -0.15) is 0 Å². The normalized spacial score (nSPS) is 13.0. The summed E-state index contributed by atoms with van der Waals surface area (Å²) in [4.78, 5) is 15.7. The average Bonchev–Trinajstić information content (AvgIpc) is 3.49. The molecule has 0 radical (unpaired) electrons. The first-order chi connectivity index (χ1) is 28.2. The Labute approximate surface area is 332 Å². The molecule has 9 aromatic rings. The summed E-state index contributed by atoms with van der Waals surface area (Å²) < 4.78 is 0. The van der Waals surface area contributed by atoms with Crippen molar-refractivity contribution in [3.8, 4) is 67.5 Å². The number of hydrogen-bond acceptors (Lipinski definition) is 3. The van der Waals surface area contributed by atoms with Gasteiger partial charge in [0.15, 0.2) is 17.5 Å². The largest absolute Gasteiger partial charge is 0.208 e. The van der Waals surface area contributed by atoms with Gasteiger partial charge in [-0.1, -0.05) is 194 Å². The molecular formula is C54H35N3. The van der Waals surface area contributed by atoms with E-state index >= 15 is 0 Å². The Hall–Kier alpha value is -7.49. The molecule has 1 aromatic heterocycles. The quantitative estimate of drug-likeness (QED) is 0.177. The molecule has 0 unspecified atom stereocenters. The maximum Gasteiger partial charge on any atom is 0.164 e. The zero-order valence-corrected chi connectivity index (χ0v) is 31.0. The lowest BCUT2D eigenvalue weighted by Crippen LogP contribution is -2.29. The first-order valence-corrected chi connectivity index (χ1v) is 19.4. The summed E-state index contributed by atoms with van der Waals surface area (Å²) in [5.41, 5.74) is 16.8. The molecule has 0 bridgehead atoms. The zero-order valence-electron chi connectivity index (χ0n) is 31.0. The summed E-state index contributed by atoms with van der Waals surface area (Å²) in [6.07, 6.45) is 4.54. The molecule has 2 aliphatic carbocycles. The van der Waals surface area contributed by atoms with Crippen molar-refractivity contribution in [2.75, 3.05) is 0 Å². The fourth-order valence-electron chi connectivity index (χ4n) is 9.00. The van der Waals surface area contributed by atoms with Crippen LogP contribution in [0.5, 0.6) is 0 Å². The lowest BCUT2D eigenvalue weighted by molar-refractivity contribution is 0.766. The lowest BCUT2D eigenvalue weighted by atomic mass is 9.66. The summed E-state index contributed by atoms with van der Waals surface area (Å²) in [7, 11) is 0. The number of nitrogens with zero attached hydrogens (tertiary/aromatic N) is 3. The van der Waals surface area contributed by atoms with E-state index in [4.69, 9.17) is 15.0 Å². The summed E-state index contributed by atoms with van der Waals surface area (Å²) in [5, 5.41) is 0. The Kier molecular flexibility index (Phi) is 7.71. The minimum Gasteiger partial charge on any atom is -0.208 e. The molecule has 0 saturated heterocycles. The van der Waals surface area contributed by atoms with Crippen LogP contribution in [0, 0.1) is 0 Å². The molecule has 0 aliphatic heterocycles. The molecule has 1 spiro atoms. The van der Waals surface area contributed by atoms with E-state index in [0.717, 1.165) is 38.9 Å². The average molecular weight is 726 g/mol. The van der Waals surface area contributed by atoms with E-state index in [-0.39, 0.29) is 0 Å². The van der Waals surface area contributed by atoms with Crippen LogP contribution in [-0.4, -0.2) is 15.0 Å². The van der Waals surface area contributed by atoms with Crippen molar-refractivity contribution in [2.45, 2.75) is 5.41 Å². The van der Waals surface area contributed by atoms with E-state index < -0.39 is 5.41 Å². The third-order valence-electron chi connectivity index (χ3n) is 11.6. The van der Waals surface area contributed by atoms with Gasteiger partial charge in [-0.05, 0) is 85.0 Å². The summed E-state index contributed by atoms with van der Waals surface area (Å²) in [6, 6.07) is 71.3. The van der Waals surface area contributed by atoms with Crippen molar-refractivity contribution in [3.05, 3.63) is 234 Å². The third kappa shape index (κ3) is 5.39. The summed E-state index contributed by atoms with van der Waals surface area (Å²) >= 11 is 0. The Morgan fingerprint density at radius 3 is 1.21 bits per heavy atom. The van der Waals surface area contributed by atoms with E-state index in [2.05, 4.69) is 200 Å². The monoisotopic (exact) mass is 725 g/mol. The van der Waals surface area contributed by atoms with Gasteiger partial charge in [0, 0.05) is 16.7 Å². The second-order valence-corrected chi connectivity index (χ2v) is 14.8. The molecular weight excluding hydrogens is 691 g/mol. The SMILES string of the molecule is C1=Cc2ccccc2C2(c3ccccc31)c1ccccc1-c1cc(-c3nc(-c4cccc(-c5ccccc5)c4)nc(-c4cccc(-c5ccccc5)c4)n3)ccc12. The predicted octanol–water partition coefficient (Wildman–Crippen LogP) is 13.1. The van der Waals surface area contributed by atoms with Gasteiger partial charge in [-0.25, -0.2) is 15.0 Å². The lowest BCUT2D eigenvalue weighted by Gasteiger charge is -2.35. The van der Waals surface area contributed by atoms with Gasteiger partial charge in [0.05, 0.1) is 5.41 Å². The van der Waals surface area contributed by atoms with E-state index in [1.54, 1.807) is 0 Å². The molecule has 0 fully saturated rings. The maximum absolute atomic E-state index is 5.25. The number of fused-ring (bicyclic) bond motifs is 9. The maximum atomic E-state index is 5.25. The van der Waals surface area contributed by atoms with Crippen molar-refractivity contribution in [2.24, 2.45) is 0 Å². The Bertz CT molecular complexity index is 2870. The van der Waals surface area contributed by atoms with Gasteiger partial charge in [0.25, 0.3) is 0 Å². The van der Waals surface area contributed by atoms with Crippen LogP contribution >= 0.6 is 0 Å². The molecule has 8 aromatic carbocycles. The molecule has 1 heterocycles. The third-order valence-corrected chi connectivity index (χ3v) is 11.6. The van der Waals surface area contributed by atoms with Crippen molar-refractivity contribution in [1.82, 2.24) is 15.0 Å². The molecule has 0 amide bonds. The zero-order chi connectivity index (χ0) is 37.8. The van der Waals surface area contributed by atoms with Crippen molar-refractivity contribution in [1.29, 1.82) is 0 Å². The highest BCUT2D eigenvalue weighted by atomic mass is 15.0. The summed E-state index contributed by atoms with van der Waals surface area (Å²) in [6.45, 7) is 0. The molecule has 0 saturated carbocycles. The first-order valence-electron chi connectivity index (χ1n) is 19.4. The van der Waals surface area contributed by atoms with Gasteiger partial charge >= 0.3 is 0 Å². The Morgan fingerprint density at radius 2 is 0.667 bits per heavy atom. The van der Waals surface area contributed by atoms with Crippen LogP contribution < -0.4 is 0 Å². The van der Waals surface area contributed by atoms with Gasteiger partial charge in [-0.15, -0.1) is 0 Å². The summed E-state index contributed by atoms with van der Waals surface area (Å²) in [5.74, 6) is 1.90. The smallest absolute Gasteiger partial charge is 0.164 e. The highest BCUT2D eigenvalue weighted by Gasteiger charge is 2.48. The second kappa shape index (κ2) is 13.4. The molecule has 3 nitrogen and oxygen atoms in total. The van der Waals surface area contributed by atoms with Crippen LogP contribution in [0.25, 0.3) is 79.7 Å². The first kappa shape index (κ1) is 32.9. The van der Waals surface area contributed by atoms with Crippen LogP contribution in [-0.2, 0) is 5.41 Å². The van der Waals surface area contributed by atoms with Crippen molar-refractivity contribution >= 4 is 12.2 Å². The number of hydrogen-bond donors (Lipinski definition) is 0. The molecule has 0 N–H and O–H groups in total. The Morgan fingerprint density at radius 1 is 0.263 bits per heavy atom. The molecule has 3 heteroatoms. The molecule has 2 aliphatic rings. The highest BCUT2D eigenvalue weighted by molar-refractivity contribution is 5.92. The second-order valence-electron chi connectivity index (χ2n) is 14.8. The fraction of sp³-hybridized carbons (Fsp3) is 0.0185. The van der Waals surface area contributed by atoms with Gasteiger partial charge in [0.2, 0.25) is 0 Å². The van der Waals surface area contributed by atoms with E-state index in [1.165, 1.54) is 44.5 Å². The topological polar surface area (TPSA) is 38.7 Å². The van der Waals surface area contributed by atoms with Crippen LogP contribution in [0.4, 0.5) is 0 Å². The molecule has 266 valence electrons. The molecule has 0 atom stereocenters. The van der Waals surface area contributed by atoms with Crippen LogP contribution in [0.15, 0.2) is 200 Å². The number of benzene rings is 8. The number of aromatic nitrogens is 3. The number of rotatable bonds is 5. The van der Waals surface area contributed by atoms with Gasteiger partial charge < -0.3 is 0 Å². The highest BCUT2D eigenvalue weighted by Crippen LogP contribution is 2.58. The van der Waals surface area contributed by atoms with E-state index in [9.17, 15) is 0 Å². The fourth-order valence-corrected chi connectivity index (χ4v) is 9.00. The minimum absolute atomic E-state index is 0.494. The van der Waals surface area contributed by atoms with Crippen LogP contribution in [0.1, 0.15) is 33.4 Å².